The van der Waals surface area contributed by atoms with Crippen LogP contribution >= 0.6 is 24.8 Å². The van der Waals surface area contributed by atoms with Crippen LogP contribution in [0.4, 0.5) is 0 Å². The van der Waals surface area contributed by atoms with Gasteiger partial charge in [0.15, 0.2) is 0 Å². The Morgan fingerprint density at radius 3 is 2.63 bits per heavy atom. The van der Waals surface area contributed by atoms with Gasteiger partial charge < -0.3 is 11.1 Å². The zero-order chi connectivity index (χ0) is 12.3. The van der Waals surface area contributed by atoms with Crippen LogP contribution in [0.15, 0.2) is 18.3 Å². The van der Waals surface area contributed by atoms with E-state index in [2.05, 4.69) is 10.3 Å². The van der Waals surface area contributed by atoms with E-state index in [1.165, 1.54) is 0 Å². The number of nitrogens with zero attached hydrogens (tertiary/aromatic N) is 1. The third-order valence-electron chi connectivity index (χ3n) is 3.48. The monoisotopic (exact) mass is 305 g/mol. The molecule has 6 heteroatoms. The van der Waals surface area contributed by atoms with Crippen molar-refractivity contribution in [3.05, 3.63) is 29.6 Å². The molecule has 4 nitrogen and oxygen atoms in total. The molecule has 0 aromatic carbocycles. The van der Waals surface area contributed by atoms with Gasteiger partial charge in [-0.3, -0.25) is 9.78 Å². The van der Waals surface area contributed by atoms with Gasteiger partial charge in [0, 0.05) is 6.20 Å². The third-order valence-corrected chi connectivity index (χ3v) is 3.48. The van der Waals surface area contributed by atoms with E-state index in [-0.39, 0.29) is 30.7 Å². The van der Waals surface area contributed by atoms with Crippen molar-refractivity contribution in [2.24, 2.45) is 5.73 Å². The summed E-state index contributed by atoms with van der Waals surface area (Å²) in [6.07, 6.45) is 5.42. The van der Waals surface area contributed by atoms with Gasteiger partial charge >= 0.3 is 0 Å². The molecule has 1 amide bonds. The zero-order valence-electron chi connectivity index (χ0n) is 11.0. The molecule has 3 N–H and O–H groups in total. The lowest BCUT2D eigenvalue weighted by Gasteiger charge is -2.22. The van der Waals surface area contributed by atoms with Gasteiger partial charge in [0.1, 0.15) is 0 Å². The summed E-state index contributed by atoms with van der Waals surface area (Å²) in [6, 6.07) is 3.88. The van der Waals surface area contributed by atoms with Crippen LogP contribution in [0.25, 0.3) is 0 Å². The van der Waals surface area contributed by atoms with E-state index in [9.17, 15) is 4.79 Å². The molecule has 1 aromatic heterocycles. The topological polar surface area (TPSA) is 68.0 Å². The quantitative estimate of drug-likeness (QED) is 0.899. The molecule has 0 saturated heterocycles. The number of pyridine rings is 1. The summed E-state index contributed by atoms with van der Waals surface area (Å²) in [5, 5.41) is 2.90. The lowest BCUT2D eigenvalue weighted by atomic mass is 9.98. The lowest BCUT2D eigenvalue weighted by molar-refractivity contribution is -0.126. The fourth-order valence-corrected chi connectivity index (χ4v) is 2.28. The molecular weight excluding hydrogens is 285 g/mol. The normalized spacial score (nSPS) is 16.1. The van der Waals surface area contributed by atoms with Gasteiger partial charge in [-0.05, 0) is 31.4 Å². The maximum absolute atomic E-state index is 12.0. The van der Waals surface area contributed by atoms with Gasteiger partial charge in [-0.15, -0.1) is 24.8 Å². The number of nitrogens with two attached hydrogens (primary N) is 1. The summed E-state index contributed by atoms with van der Waals surface area (Å²) in [5.41, 5.74) is 7.42. The van der Waals surface area contributed by atoms with Crippen LogP contribution in [-0.4, -0.2) is 16.4 Å². The molecule has 1 fully saturated rings. The third kappa shape index (κ3) is 4.34. The van der Waals surface area contributed by atoms with Gasteiger partial charge in [0.25, 0.3) is 0 Å². The zero-order valence-corrected chi connectivity index (χ0v) is 12.6. The molecule has 1 aromatic rings. The molecule has 108 valence electrons. The number of rotatable bonds is 3. The molecule has 1 heterocycles. The van der Waals surface area contributed by atoms with E-state index in [0.717, 1.165) is 36.9 Å². The Bertz CT molecular complexity index is 420. The van der Waals surface area contributed by atoms with Gasteiger partial charge in [-0.25, -0.2) is 0 Å². The van der Waals surface area contributed by atoms with Crippen molar-refractivity contribution in [2.45, 2.75) is 44.7 Å². The van der Waals surface area contributed by atoms with E-state index >= 15 is 0 Å². The van der Waals surface area contributed by atoms with Gasteiger partial charge in [-0.1, -0.05) is 18.9 Å². The number of halogens is 2. The minimum Gasteiger partial charge on any atom is -0.349 e. The second-order valence-electron chi connectivity index (χ2n) is 4.81. The summed E-state index contributed by atoms with van der Waals surface area (Å²) in [6.45, 7) is 2.45. The molecule has 0 radical (unpaired) electrons. The fourth-order valence-electron chi connectivity index (χ4n) is 2.28. The van der Waals surface area contributed by atoms with Crippen LogP contribution in [-0.2, 0) is 11.3 Å². The standard InChI is InChI=1S/C13H19N3O.2ClH/c1-10-5-4-8-15-11(10)9-16-12(17)13(14)6-2-3-7-13;;/h4-5,8H,2-3,6-7,9,14H2,1H3,(H,16,17);2*1H. The van der Waals surface area contributed by atoms with E-state index in [4.69, 9.17) is 5.73 Å². The number of aromatic nitrogens is 1. The van der Waals surface area contributed by atoms with Crippen LogP contribution in [0.2, 0.25) is 0 Å². The van der Waals surface area contributed by atoms with E-state index in [0.29, 0.717) is 6.54 Å². The van der Waals surface area contributed by atoms with Crippen LogP contribution in [0, 0.1) is 6.92 Å². The average Bonchev–Trinajstić information content (AvgIpc) is 2.76. The lowest BCUT2D eigenvalue weighted by Crippen LogP contribution is -2.51. The van der Waals surface area contributed by atoms with Crippen LogP contribution in [0.1, 0.15) is 36.9 Å². The number of carbonyl (C=O) groups is 1. The highest BCUT2D eigenvalue weighted by atomic mass is 35.5. The average molecular weight is 306 g/mol. The number of amides is 1. The van der Waals surface area contributed by atoms with E-state index < -0.39 is 5.54 Å². The molecule has 0 unspecified atom stereocenters. The Hall–Kier alpha value is -0.840. The highest BCUT2D eigenvalue weighted by molar-refractivity contribution is 5.86. The van der Waals surface area contributed by atoms with Gasteiger partial charge in [-0.2, -0.15) is 0 Å². The number of hydrogen-bond donors (Lipinski definition) is 2. The molecule has 1 saturated carbocycles. The molecule has 1 aliphatic carbocycles. The number of aryl methyl sites for hydroxylation is 1. The molecule has 0 aliphatic heterocycles. The minimum atomic E-state index is -0.650. The van der Waals surface area contributed by atoms with Crippen molar-refractivity contribution in [3.8, 4) is 0 Å². The SMILES string of the molecule is Cc1cccnc1CNC(=O)C1(N)CCCC1.Cl.Cl. The Morgan fingerprint density at radius 1 is 1.42 bits per heavy atom. The summed E-state index contributed by atoms with van der Waals surface area (Å²) < 4.78 is 0. The minimum absolute atomic E-state index is 0. The maximum atomic E-state index is 12.0. The van der Waals surface area contributed by atoms with Crippen molar-refractivity contribution in [1.29, 1.82) is 0 Å². The molecule has 19 heavy (non-hydrogen) atoms. The van der Waals surface area contributed by atoms with Gasteiger partial charge in [0.05, 0.1) is 17.8 Å². The van der Waals surface area contributed by atoms with Crippen molar-refractivity contribution in [2.75, 3.05) is 0 Å². The fraction of sp³-hybridized carbons (Fsp3) is 0.538. The molecule has 2 rings (SSSR count). The predicted molar refractivity (Wildman–Crippen MR) is 80.7 cm³/mol. The second kappa shape index (κ2) is 7.68. The predicted octanol–water partition coefficient (Wildman–Crippen LogP) is 2.12. The first-order valence-electron chi connectivity index (χ1n) is 6.09. The highest BCUT2D eigenvalue weighted by Gasteiger charge is 2.36. The second-order valence-corrected chi connectivity index (χ2v) is 4.81. The largest absolute Gasteiger partial charge is 0.349 e. The molecule has 0 bridgehead atoms. The summed E-state index contributed by atoms with van der Waals surface area (Å²) in [7, 11) is 0. The summed E-state index contributed by atoms with van der Waals surface area (Å²) in [4.78, 5) is 16.2. The Kier molecular flexibility index (Phi) is 7.34. The van der Waals surface area contributed by atoms with Crippen LogP contribution in [0.5, 0.6) is 0 Å². The Labute approximate surface area is 126 Å². The van der Waals surface area contributed by atoms with Crippen molar-refractivity contribution < 1.29 is 4.79 Å². The number of hydrogen-bond acceptors (Lipinski definition) is 3. The van der Waals surface area contributed by atoms with E-state index in [1.807, 2.05) is 19.1 Å². The molecule has 0 atom stereocenters. The maximum Gasteiger partial charge on any atom is 0.240 e. The van der Waals surface area contributed by atoms with E-state index in [1.54, 1.807) is 6.20 Å². The first-order valence-corrected chi connectivity index (χ1v) is 6.09. The van der Waals surface area contributed by atoms with Crippen LogP contribution in [0.3, 0.4) is 0 Å². The summed E-state index contributed by atoms with van der Waals surface area (Å²) >= 11 is 0. The smallest absolute Gasteiger partial charge is 0.240 e. The molecule has 1 aliphatic rings. The van der Waals surface area contributed by atoms with Gasteiger partial charge in [0.2, 0.25) is 5.91 Å². The Balaban J connectivity index is 0.00000162. The molecular formula is C13H21Cl2N3O. The van der Waals surface area contributed by atoms with Crippen LogP contribution < -0.4 is 11.1 Å². The highest BCUT2D eigenvalue weighted by Crippen LogP contribution is 2.27. The number of carbonyl (C=O) groups excluding carboxylic acids is 1. The van der Waals surface area contributed by atoms with Crippen molar-refractivity contribution >= 4 is 30.7 Å². The first-order chi connectivity index (χ1) is 8.12. The van der Waals surface area contributed by atoms with Crippen molar-refractivity contribution in [1.82, 2.24) is 10.3 Å². The Morgan fingerprint density at radius 2 is 2.05 bits per heavy atom. The molecule has 0 spiro atoms. The first kappa shape index (κ1) is 18.2. The summed E-state index contributed by atoms with van der Waals surface area (Å²) in [5.74, 6) is -0.0416. The number of nitrogens with one attached hydrogen (secondary N) is 1. The van der Waals surface area contributed by atoms with Crippen molar-refractivity contribution in [3.63, 3.8) is 0 Å².